The molecule has 4 heteroatoms. The summed E-state index contributed by atoms with van der Waals surface area (Å²) in [4.78, 5) is 4.65. The molecule has 1 aliphatic heterocycles. The van der Waals surface area contributed by atoms with E-state index in [0.29, 0.717) is 5.56 Å². The third-order valence-electron chi connectivity index (χ3n) is 3.86. The molecule has 1 aromatic carbocycles. The molecule has 3 nitrogen and oxygen atoms in total. The second-order valence-corrected chi connectivity index (χ2v) is 5.33. The number of nitrogens with zero attached hydrogens (tertiary/aromatic N) is 2. The number of imidazole rings is 1. The van der Waals surface area contributed by atoms with E-state index in [1.807, 2.05) is 13.0 Å². The van der Waals surface area contributed by atoms with E-state index < -0.39 is 0 Å². The van der Waals surface area contributed by atoms with Gasteiger partial charge in [-0.15, -0.1) is 0 Å². The van der Waals surface area contributed by atoms with Gasteiger partial charge < -0.3 is 10.3 Å². The van der Waals surface area contributed by atoms with Crippen molar-refractivity contribution in [2.24, 2.45) is 5.73 Å². The largest absolute Gasteiger partial charge is 0.330 e. The Kier molecular flexibility index (Phi) is 2.90. The van der Waals surface area contributed by atoms with Crippen molar-refractivity contribution in [2.45, 2.75) is 39.3 Å². The van der Waals surface area contributed by atoms with Crippen molar-refractivity contribution in [1.82, 2.24) is 9.55 Å². The average Bonchev–Trinajstić information content (AvgIpc) is 2.70. The van der Waals surface area contributed by atoms with Crippen LogP contribution in [0.5, 0.6) is 0 Å². The Morgan fingerprint density at radius 2 is 2.16 bits per heavy atom. The Balaban J connectivity index is 2.11. The minimum atomic E-state index is -0.171. The van der Waals surface area contributed by atoms with E-state index in [9.17, 15) is 4.39 Å². The number of halogens is 1. The molecule has 1 aliphatic rings. The van der Waals surface area contributed by atoms with E-state index in [1.165, 1.54) is 11.8 Å². The van der Waals surface area contributed by atoms with Gasteiger partial charge in [0.15, 0.2) is 0 Å². The standard InChI is InChI=1S/C15H18FN3/c1-9-7-11(3-5-13(9)16)15-14-6-4-12(17)8-19(14)10(2)18-15/h3,5,7,12H,4,6,8,17H2,1-2H3. The zero-order valence-corrected chi connectivity index (χ0v) is 11.3. The molecule has 0 spiro atoms. The fourth-order valence-corrected chi connectivity index (χ4v) is 2.78. The quantitative estimate of drug-likeness (QED) is 0.855. The number of hydrogen-bond acceptors (Lipinski definition) is 2. The topological polar surface area (TPSA) is 43.8 Å². The van der Waals surface area contributed by atoms with Crippen LogP contribution in [0.25, 0.3) is 11.3 Å². The number of aromatic nitrogens is 2. The van der Waals surface area contributed by atoms with Gasteiger partial charge in [0.2, 0.25) is 0 Å². The minimum Gasteiger partial charge on any atom is -0.330 e. The lowest BCUT2D eigenvalue weighted by Gasteiger charge is -2.22. The first-order chi connectivity index (χ1) is 9.06. The van der Waals surface area contributed by atoms with Crippen LogP contribution >= 0.6 is 0 Å². The predicted molar refractivity (Wildman–Crippen MR) is 73.4 cm³/mol. The van der Waals surface area contributed by atoms with E-state index in [1.54, 1.807) is 13.0 Å². The lowest BCUT2D eigenvalue weighted by molar-refractivity contribution is 0.454. The van der Waals surface area contributed by atoms with E-state index in [-0.39, 0.29) is 11.9 Å². The Bertz CT molecular complexity index is 631. The Morgan fingerprint density at radius 3 is 2.89 bits per heavy atom. The molecule has 2 N–H and O–H groups in total. The maximum atomic E-state index is 13.4. The molecule has 0 saturated heterocycles. The van der Waals surface area contributed by atoms with Gasteiger partial charge in [-0.2, -0.15) is 0 Å². The summed E-state index contributed by atoms with van der Waals surface area (Å²) < 4.78 is 15.6. The third-order valence-corrected chi connectivity index (χ3v) is 3.86. The first kappa shape index (κ1) is 12.4. The van der Waals surface area contributed by atoms with Gasteiger partial charge in [0.25, 0.3) is 0 Å². The molecule has 0 aliphatic carbocycles. The molecule has 100 valence electrons. The summed E-state index contributed by atoms with van der Waals surface area (Å²) in [5, 5.41) is 0. The summed E-state index contributed by atoms with van der Waals surface area (Å²) in [5.41, 5.74) is 9.87. The van der Waals surface area contributed by atoms with Crippen molar-refractivity contribution in [3.8, 4) is 11.3 Å². The molecule has 0 saturated carbocycles. The van der Waals surface area contributed by atoms with Crippen LogP contribution in [-0.4, -0.2) is 15.6 Å². The first-order valence-electron chi connectivity index (χ1n) is 6.64. The zero-order valence-electron chi connectivity index (χ0n) is 11.3. The third kappa shape index (κ3) is 2.06. The number of nitrogens with two attached hydrogens (primary N) is 1. The van der Waals surface area contributed by atoms with Crippen LogP contribution in [0.3, 0.4) is 0 Å². The summed E-state index contributed by atoms with van der Waals surface area (Å²) in [6.45, 7) is 4.61. The van der Waals surface area contributed by atoms with Crippen LogP contribution < -0.4 is 5.73 Å². The Hall–Kier alpha value is -1.68. The maximum absolute atomic E-state index is 13.4. The highest BCUT2D eigenvalue weighted by Gasteiger charge is 2.22. The molecular formula is C15H18FN3. The van der Waals surface area contributed by atoms with Gasteiger partial charge >= 0.3 is 0 Å². The van der Waals surface area contributed by atoms with Crippen LogP contribution in [0.4, 0.5) is 4.39 Å². The van der Waals surface area contributed by atoms with E-state index in [4.69, 9.17) is 5.73 Å². The van der Waals surface area contributed by atoms with E-state index >= 15 is 0 Å². The van der Waals surface area contributed by atoms with Gasteiger partial charge in [-0.25, -0.2) is 9.37 Å². The summed E-state index contributed by atoms with van der Waals surface area (Å²) in [7, 11) is 0. The van der Waals surface area contributed by atoms with E-state index in [0.717, 1.165) is 36.5 Å². The van der Waals surface area contributed by atoms with Crippen LogP contribution in [0.1, 0.15) is 23.5 Å². The van der Waals surface area contributed by atoms with Crippen molar-refractivity contribution >= 4 is 0 Å². The number of fused-ring (bicyclic) bond motifs is 1. The van der Waals surface area contributed by atoms with E-state index in [2.05, 4.69) is 9.55 Å². The molecule has 0 radical (unpaired) electrons. The molecule has 19 heavy (non-hydrogen) atoms. The second-order valence-electron chi connectivity index (χ2n) is 5.33. The molecule has 0 fully saturated rings. The summed E-state index contributed by atoms with van der Waals surface area (Å²) in [5.74, 6) is 0.817. The van der Waals surface area contributed by atoms with Crippen LogP contribution in [0.15, 0.2) is 18.2 Å². The number of benzene rings is 1. The predicted octanol–water partition coefficient (Wildman–Crippen LogP) is 2.58. The number of hydrogen-bond donors (Lipinski definition) is 1. The molecule has 1 aromatic heterocycles. The molecule has 1 atom stereocenters. The highest BCUT2D eigenvalue weighted by molar-refractivity contribution is 5.63. The fraction of sp³-hybridized carbons (Fsp3) is 0.400. The monoisotopic (exact) mass is 259 g/mol. The highest BCUT2D eigenvalue weighted by atomic mass is 19.1. The molecular weight excluding hydrogens is 241 g/mol. The Labute approximate surface area is 112 Å². The summed E-state index contributed by atoms with van der Waals surface area (Å²) in [6, 6.07) is 5.40. The molecule has 2 heterocycles. The lowest BCUT2D eigenvalue weighted by atomic mass is 10.0. The first-order valence-corrected chi connectivity index (χ1v) is 6.64. The van der Waals surface area contributed by atoms with Gasteiger partial charge in [0, 0.05) is 23.8 Å². The zero-order chi connectivity index (χ0) is 13.6. The molecule has 3 rings (SSSR count). The molecule has 1 unspecified atom stereocenters. The van der Waals surface area contributed by atoms with Gasteiger partial charge in [0.1, 0.15) is 11.6 Å². The molecule has 0 amide bonds. The van der Waals surface area contributed by atoms with Crippen molar-refractivity contribution in [2.75, 3.05) is 0 Å². The molecule has 0 bridgehead atoms. The number of rotatable bonds is 1. The van der Waals surface area contributed by atoms with Crippen molar-refractivity contribution in [1.29, 1.82) is 0 Å². The van der Waals surface area contributed by atoms with Gasteiger partial charge in [-0.1, -0.05) is 0 Å². The SMILES string of the molecule is Cc1cc(-c2nc(C)n3c2CCC(N)C3)ccc1F. The second kappa shape index (κ2) is 4.46. The van der Waals surface area contributed by atoms with Crippen molar-refractivity contribution in [3.63, 3.8) is 0 Å². The summed E-state index contributed by atoms with van der Waals surface area (Å²) in [6.07, 6.45) is 1.92. The van der Waals surface area contributed by atoms with Gasteiger partial charge in [-0.05, 0) is 50.5 Å². The van der Waals surface area contributed by atoms with Crippen molar-refractivity contribution in [3.05, 3.63) is 41.1 Å². The normalized spacial score (nSPS) is 18.4. The average molecular weight is 259 g/mol. The van der Waals surface area contributed by atoms with Gasteiger partial charge in [-0.3, -0.25) is 0 Å². The maximum Gasteiger partial charge on any atom is 0.126 e. The fourth-order valence-electron chi connectivity index (χ4n) is 2.78. The van der Waals surface area contributed by atoms with Crippen molar-refractivity contribution < 1.29 is 4.39 Å². The lowest BCUT2D eigenvalue weighted by Crippen LogP contribution is -2.32. The number of aryl methyl sites for hydroxylation is 2. The molecule has 2 aromatic rings. The Morgan fingerprint density at radius 1 is 1.37 bits per heavy atom. The van der Waals surface area contributed by atoms with Crippen LogP contribution in [-0.2, 0) is 13.0 Å². The van der Waals surface area contributed by atoms with Crippen LogP contribution in [0, 0.1) is 19.7 Å². The smallest absolute Gasteiger partial charge is 0.126 e. The minimum absolute atomic E-state index is 0.171. The highest BCUT2D eigenvalue weighted by Crippen LogP contribution is 2.29. The van der Waals surface area contributed by atoms with Crippen LogP contribution in [0.2, 0.25) is 0 Å². The summed E-state index contributed by atoms with van der Waals surface area (Å²) >= 11 is 0. The van der Waals surface area contributed by atoms with Gasteiger partial charge in [0.05, 0.1) is 5.69 Å².